The minimum atomic E-state index is -0.190. The number of rotatable bonds is 7. The quantitative estimate of drug-likeness (QED) is 0.226. The first-order valence-corrected chi connectivity index (χ1v) is 11.7. The highest BCUT2D eigenvalue weighted by Crippen LogP contribution is 2.20. The molecular formula is C24H38IN5O3. The van der Waals surface area contributed by atoms with Crippen molar-refractivity contribution in [2.75, 3.05) is 39.8 Å². The number of esters is 1. The van der Waals surface area contributed by atoms with Gasteiger partial charge in [0.2, 0.25) is 5.91 Å². The van der Waals surface area contributed by atoms with Gasteiger partial charge in [-0.15, -0.1) is 24.0 Å². The maximum atomic E-state index is 11.8. The van der Waals surface area contributed by atoms with Crippen molar-refractivity contribution < 1.29 is 14.3 Å². The second kappa shape index (κ2) is 13.7. The molecule has 1 aromatic rings. The van der Waals surface area contributed by atoms with Gasteiger partial charge in [-0.3, -0.25) is 14.5 Å². The van der Waals surface area contributed by atoms with Crippen LogP contribution in [0, 0.1) is 11.8 Å². The van der Waals surface area contributed by atoms with E-state index in [-0.39, 0.29) is 47.7 Å². The Balaban J connectivity index is 0.00000385. The van der Waals surface area contributed by atoms with E-state index in [0.29, 0.717) is 6.54 Å². The Morgan fingerprint density at radius 1 is 1.15 bits per heavy atom. The lowest BCUT2D eigenvalue weighted by Gasteiger charge is -2.33. The molecule has 1 atom stereocenters. The first kappa shape index (κ1) is 27.4. The van der Waals surface area contributed by atoms with Gasteiger partial charge in [0.1, 0.15) is 0 Å². The number of carbonyl (C=O) groups excluding carboxylic acids is 2. The van der Waals surface area contributed by atoms with E-state index in [0.717, 1.165) is 76.5 Å². The largest absolute Gasteiger partial charge is 0.469 e. The molecule has 8 nitrogen and oxygen atoms in total. The van der Waals surface area contributed by atoms with Gasteiger partial charge in [0.25, 0.3) is 0 Å². The van der Waals surface area contributed by atoms with Crippen molar-refractivity contribution in [2.24, 2.45) is 22.6 Å². The van der Waals surface area contributed by atoms with Crippen LogP contribution in [-0.4, -0.2) is 67.5 Å². The summed E-state index contributed by atoms with van der Waals surface area (Å²) in [6.45, 7) is 7.60. The van der Waals surface area contributed by atoms with Crippen LogP contribution in [0.3, 0.4) is 0 Å². The number of aliphatic imine (C=N–C) groups is 1. The molecule has 0 bridgehead atoms. The molecule has 1 unspecified atom stereocenters. The Morgan fingerprint density at radius 3 is 2.55 bits per heavy atom. The zero-order valence-corrected chi connectivity index (χ0v) is 22.1. The van der Waals surface area contributed by atoms with E-state index in [2.05, 4.69) is 46.3 Å². The van der Waals surface area contributed by atoms with Crippen LogP contribution in [-0.2, 0) is 27.4 Å². The average Bonchev–Trinajstić information content (AvgIpc) is 2.82. The minimum Gasteiger partial charge on any atom is -0.469 e. The molecule has 2 aliphatic heterocycles. The van der Waals surface area contributed by atoms with Gasteiger partial charge in [-0.1, -0.05) is 24.3 Å². The van der Waals surface area contributed by atoms with Gasteiger partial charge in [-0.05, 0) is 50.3 Å². The minimum absolute atomic E-state index is 0. The Hall–Kier alpha value is -1.88. The van der Waals surface area contributed by atoms with E-state index in [9.17, 15) is 9.59 Å². The van der Waals surface area contributed by atoms with E-state index in [1.54, 1.807) is 0 Å². The summed E-state index contributed by atoms with van der Waals surface area (Å²) in [5.74, 6) is 0.535. The molecule has 1 amide bonds. The number of piperidine rings is 2. The molecule has 0 spiro atoms. The van der Waals surface area contributed by atoms with Crippen LogP contribution in [0.5, 0.6) is 0 Å². The molecule has 184 valence electrons. The van der Waals surface area contributed by atoms with Gasteiger partial charge in [0.05, 0.1) is 25.5 Å². The molecule has 2 heterocycles. The molecule has 1 aromatic carbocycles. The number of guanidine groups is 1. The van der Waals surface area contributed by atoms with Crippen LogP contribution >= 0.6 is 24.0 Å². The first-order valence-electron chi connectivity index (χ1n) is 11.7. The molecule has 9 heteroatoms. The topological polar surface area (TPSA) is 100 Å². The number of amides is 1. The Labute approximate surface area is 214 Å². The number of hydrogen-bond donors (Lipinski definition) is 2. The lowest BCUT2D eigenvalue weighted by Crippen LogP contribution is -2.46. The van der Waals surface area contributed by atoms with Crippen LogP contribution in [0.15, 0.2) is 29.3 Å². The van der Waals surface area contributed by atoms with Gasteiger partial charge in [-0.2, -0.15) is 0 Å². The van der Waals surface area contributed by atoms with Crippen molar-refractivity contribution in [2.45, 2.75) is 45.7 Å². The smallest absolute Gasteiger partial charge is 0.308 e. The van der Waals surface area contributed by atoms with Gasteiger partial charge >= 0.3 is 5.97 Å². The molecule has 0 aromatic heterocycles. The average molecular weight is 572 g/mol. The Morgan fingerprint density at radius 2 is 1.88 bits per heavy atom. The lowest BCUT2D eigenvalue weighted by molar-refractivity contribution is -0.146. The SMILES string of the molecule is CCNC(=NCc1cccc(CN2CCCC(C(N)=O)C2)c1)N1CCC(C(=O)OC)CC1.I. The highest BCUT2D eigenvalue weighted by molar-refractivity contribution is 14.0. The van der Waals surface area contributed by atoms with Crippen LogP contribution in [0.25, 0.3) is 0 Å². The van der Waals surface area contributed by atoms with Crippen LogP contribution in [0.1, 0.15) is 43.7 Å². The highest BCUT2D eigenvalue weighted by Gasteiger charge is 2.27. The summed E-state index contributed by atoms with van der Waals surface area (Å²) < 4.78 is 4.89. The second-order valence-corrected chi connectivity index (χ2v) is 8.75. The standard InChI is InChI=1S/C24H37N5O3.HI/c1-3-26-24(29-12-9-20(10-13-29)23(31)32-2)27-15-18-6-4-7-19(14-18)16-28-11-5-8-21(17-28)22(25)30;/h4,6-7,14,20-21H,3,5,8-13,15-17H2,1-2H3,(H2,25,30)(H,26,27);1H. The predicted molar refractivity (Wildman–Crippen MR) is 140 cm³/mol. The summed E-state index contributed by atoms with van der Waals surface area (Å²) in [5.41, 5.74) is 7.90. The molecule has 2 saturated heterocycles. The van der Waals surface area contributed by atoms with Gasteiger partial charge in [0.15, 0.2) is 5.96 Å². The maximum absolute atomic E-state index is 11.8. The van der Waals surface area contributed by atoms with Gasteiger partial charge in [-0.25, -0.2) is 4.99 Å². The number of primary amides is 1. The number of ether oxygens (including phenoxy) is 1. The molecule has 2 aliphatic rings. The van der Waals surface area contributed by atoms with Crippen molar-refractivity contribution in [3.63, 3.8) is 0 Å². The Kier molecular flexibility index (Phi) is 11.4. The van der Waals surface area contributed by atoms with Gasteiger partial charge < -0.3 is 20.7 Å². The van der Waals surface area contributed by atoms with Crippen molar-refractivity contribution in [1.29, 1.82) is 0 Å². The summed E-state index contributed by atoms with van der Waals surface area (Å²) in [6, 6.07) is 8.50. The molecule has 3 rings (SSSR count). The molecule has 33 heavy (non-hydrogen) atoms. The number of nitrogens with one attached hydrogen (secondary N) is 1. The summed E-state index contributed by atoms with van der Waals surface area (Å²) >= 11 is 0. The molecule has 0 saturated carbocycles. The zero-order chi connectivity index (χ0) is 22.9. The number of carbonyl (C=O) groups is 2. The third-order valence-corrected chi connectivity index (χ3v) is 6.38. The summed E-state index contributed by atoms with van der Waals surface area (Å²) in [7, 11) is 1.45. The molecule has 3 N–H and O–H groups in total. The van der Waals surface area contributed by atoms with Crippen LogP contribution < -0.4 is 11.1 Å². The third kappa shape index (κ3) is 8.13. The number of halogens is 1. The van der Waals surface area contributed by atoms with Gasteiger partial charge in [0, 0.05) is 32.7 Å². The van der Waals surface area contributed by atoms with E-state index in [4.69, 9.17) is 15.5 Å². The number of nitrogens with zero attached hydrogens (tertiary/aromatic N) is 3. The monoisotopic (exact) mass is 571 g/mol. The first-order chi connectivity index (χ1) is 15.5. The van der Waals surface area contributed by atoms with Crippen molar-refractivity contribution in [3.05, 3.63) is 35.4 Å². The van der Waals surface area contributed by atoms with E-state index in [1.807, 2.05) is 0 Å². The van der Waals surface area contributed by atoms with Crippen molar-refractivity contribution in [1.82, 2.24) is 15.1 Å². The molecular weight excluding hydrogens is 533 g/mol. The zero-order valence-electron chi connectivity index (χ0n) is 19.8. The number of hydrogen-bond acceptors (Lipinski definition) is 5. The summed E-state index contributed by atoms with van der Waals surface area (Å²) in [6.07, 6.45) is 3.48. The number of benzene rings is 1. The normalized spacial score (nSPS) is 20.1. The van der Waals surface area contributed by atoms with E-state index in [1.165, 1.54) is 12.7 Å². The highest BCUT2D eigenvalue weighted by atomic mass is 127. The molecule has 0 aliphatic carbocycles. The number of nitrogens with two attached hydrogens (primary N) is 1. The fourth-order valence-corrected chi connectivity index (χ4v) is 4.60. The lowest BCUT2D eigenvalue weighted by atomic mass is 9.97. The number of likely N-dealkylation sites (tertiary alicyclic amines) is 2. The summed E-state index contributed by atoms with van der Waals surface area (Å²) in [5, 5.41) is 3.38. The third-order valence-electron chi connectivity index (χ3n) is 6.38. The van der Waals surface area contributed by atoms with Crippen molar-refractivity contribution in [3.8, 4) is 0 Å². The maximum Gasteiger partial charge on any atom is 0.308 e. The summed E-state index contributed by atoms with van der Waals surface area (Å²) in [4.78, 5) is 32.8. The number of methoxy groups -OCH3 is 1. The van der Waals surface area contributed by atoms with Crippen molar-refractivity contribution >= 4 is 41.8 Å². The molecule has 2 fully saturated rings. The Bertz CT molecular complexity index is 811. The van der Waals surface area contributed by atoms with E-state index >= 15 is 0 Å². The second-order valence-electron chi connectivity index (χ2n) is 8.75. The van der Waals surface area contributed by atoms with Crippen LogP contribution in [0.4, 0.5) is 0 Å². The fourth-order valence-electron chi connectivity index (χ4n) is 4.60. The van der Waals surface area contributed by atoms with E-state index < -0.39 is 0 Å². The predicted octanol–water partition coefficient (Wildman–Crippen LogP) is 2.35. The van der Waals surface area contributed by atoms with Crippen LogP contribution in [0.2, 0.25) is 0 Å². The fraction of sp³-hybridized carbons (Fsp3) is 0.625. The molecule has 0 radical (unpaired) electrons.